The third-order valence-electron chi connectivity index (χ3n) is 11.4. The molecule has 2 amide bonds. The molecule has 3 aromatic carbocycles. The van der Waals surface area contributed by atoms with Crippen LogP contribution in [0.15, 0.2) is 71.8 Å². The minimum absolute atomic E-state index is 0.0195. The zero-order valence-electron chi connectivity index (χ0n) is 36.8. The number of piperazine rings is 1. The van der Waals surface area contributed by atoms with E-state index in [4.69, 9.17) is 25.8 Å². The number of nitrogens with zero attached hydrogens (tertiary/aromatic N) is 11. The molecule has 338 valence electrons. The smallest absolute Gasteiger partial charge is 0.232 e. The van der Waals surface area contributed by atoms with Crippen molar-refractivity contribution in [3.63, 3.8) is 0 Å². The van der Waals surface area contributed by atoms with Crippen LogP contribution >= 0.6 is 11.6 Å². The zero-order chi connectivity index (χ0) is 45.3. The Morgan fingerprint density at radius 1 is 0.754 bits per heavy atom. The number of methoxy groups -OCH3 is 1. The summed E-state index contributed by atoms with van der Waals surface area (Å²) in [5, 5.41) is 17.2. The first-order valence-corrected chi connectivity index (χ1v) is 22.1. The van der Waals surface area contributed by atoms with Crippen LogP contribution in [0.25, 0.3) is 0 Å². The van der Waals surface area contributed by atoms with Gasteiger partial charge in [-0.1, -0.05) is 35.8 Å². The van der Waals surface area contributed by atoms with Gasteiger partial charge in [-0.3, -0.25) is 9.59 Å². The molecule has 0 saturated carbocycles. The molecule has 5 heterocycles. The van der Waals surface area contributed by atoms with Crippen LogP contribution in [0.1, 0.15) is 67.8 Å². The fourth-order valence-electron chi connectivity index (χ4n) is 7.79. The van der Waals surface area contributed by atoms with Gasteiger partial charge in [-0.25, -0.2) is 19.9 Å². The van der Waals surface area contributed by atoms with Gasteiger partial charge in [0.2, 0.25) is 41.5 Å². The molecule has 2 aliphatic rings. The molecule has 2 fully saturated rings. The van der Waals surface area contributed by atoms with Crippen LogP contribution in [0.4, 0.5) is 52.2 Å². The van der Waals surface area contributed by atoms with Crippen LogP contribution in [-0.4, -0.2) is 98.2 Å². The molecule has 0 atom stereocenters. The normalized spacial score (nSPS) is 14.3. The Morgan fingerprint density at radius 3 is 2.09 bits per heavy atom. The maximum Gasteiger partial charge on any atom is 0.232 e. The Kier molecular flexibility index (Phi) is 14.1. The summed E-state index contributed by atoms with van der Waals surface area (Å²) in [6.45, 7) is 10.2. The molecule has 65 heavy (non-hydrogen) atoms. The van der Waals surface area contributed by atoms with Crippen LogP contribution in [-0.2, 0) is 16.0 Å². The van der Waals surface area contributed by atoms with Crippen LogP contribution in [0.5, 0.6) is 5.75 Å². The van der Waals surface area contributed by atoms with Gasteiger partial charge >= 0.3 is 0 Å². The number of anilines is 9. The van der Waals surface area contributed by atoms with Gasteiger partial charge in [0.25, 0.3) is 0 Å². The lowest BCUT2D eigenvalue weighted by atomic mass is 9.97. The molecular formula is C45H52ClN15O4. The summed E-state index contributed by atoms with van der Waals surface area (Å²) in [4.78, 5) is 64.2. The fraction of sp³-hybridized carbons (Fsp3) is 0.378. The van der Waals surface area contributed by atoms with Crippen molar-refractivity contribution in [3.8, 4) is 5.75 Å². The minimum Gasteiger partial charge on any atom is -0.495 e. The minimum atomic E-state index is -0.296. The summed E-state index contributed by atoms with van der Waals surface area (Å²) < 4.78 is 11.1. The van der Waals surface area contributed by atoms with Crippen LogP contribution in [0.2, 0.25) is 5.02 Å². The van der Waals surface area contributed by atoms with Crippen LogP contribution < -0.4 is 40.7 Å². The van der Waals surface area contributed by atoms with Crippen molar-refractivity contribution in [3.05, 3.63) is 95.1 Å². The van der Waals surface area contributed by atoms with Gasteiger partial charge in [0.1, 0.15) is 18.4 Å². The zero-order valence-corrected chi connectivity index (χ0v) is 37.6. The molecule has 8 rings (SSSR count). The Morgan fingerprint density at radius 2 is 1.40 bits per heavy atom. The third kappa shape index (κ3) is 11.2. The Hall–Kier alpha value is -7.15. The third-order valence-corrected chi connectivity index (χ3v) is 11.7. The summed E-state index contributed by atoms with van der Waals surface area (Å²) >= 11 is 6.29. The molecule has 0 radical (unpaired) electrons. The highest BCUT2D eigenvalue weighted by atomic mass is 35.5. The SMILES string of the molecule is CCCc1noc(C2CCN(c3ncnc(Nc4ccc(C)c(NC(=O)CCC(=O)Nc5cccc(Nc6ncnc(N7CCN(c8cc(Cl)ccc8OC)CC7)n6)c5C)c4)n3)CC2)n1. The number of benzene rings is 3. The van der Waals surface area contributed by atoms with Crippen molar-refractivity contribution in [2.24, 2.45) is 0 Å². The number of halogens is 1. The Bertz CT molecular complexity index is 2610. The first-order chi connectivity index (χ1) is 31.6. The van der Waals surface area contributed by atoms with Crippen molar-refractivity contribution in [2.75, 3.05) is 82.3 Å². The lowest BCUT2D eigenvalue weighted by Gasteiger charge is -2.36. The number of hydrogen-bond donors (Lipinski definition) is 4. The molecule has 2 saturated heterocycles. The van der Waals surface area contributed by atoms with Crippen LogP contribution in [0.3, 0.4) is 0 Å². The number of amides is 2. The molecule has 0 unspecified atom stereocenters. The number of aryl methyl sites for hydroxylation is 2. The molecule has 0 aliphatic carbocycles. The summed E-state index contributed by atoms with van der Waals surface area (Å²) in [7, 11) is 1.65. The molecule has 6 aromatic rings. The standard InChI is InChI=1S/C45H52ClN15O4/c1-5-7-38-55-41(65-58-38)30-16-18-60(19-17-30)44-49-26-47-42(56-44)51-32-12-10-28(2)35(25-32)53-40(63)15-14-39(62)52-33-8-6-9-34(29(33)3)54-43-48-27-50-45(57-43)61-22-20-59(21-23-61)36-24-31(46)11-13-37(36)64-4/h6,8-13,24-27,30H,5,7,14-23H2,1-4H3,(H,52,62)(H,53,63)(H,47,49,51,56)(H,48,50,54,57). The predicted molar refractivity (Wildman–Crippen MR) is 250 cm³/mol. The summed E-state index contributed by atoms with van der Waals surface area (Å²) in [5.74, 6) is 3.74. The Labute approximate surface area is 381 Å². The number of carbonyl (C=O) groups is 2. The number of nitrogens with one attached hydrogen (secondary N) is 4. The molecule has 0 spiro atoms. The van der Waals surface area contributed by atoms with E-state index in [1.165, 1.54) is 12.7 Å². The van der Waals surface area contributed by atoms with Gasteiger partial charge < -0.3 is 45.2 Å². The largest absolute Gasteiger partial charge is 0.495 e. The maximum atomic E-state index is 13.1. The molecule has 4 N–H and O–H groups in total. The molecule has 0 bridgehead atoms. The van der Waals surface area contributed by atoms with Crippen molar-refractivity contribution < 1.29 is 18.8 Å². The molecule has 19 nitrogen and oxygen atoms in total. The van der Waals surface area contributed by atoms with E-state index >= 15 is 0 Å². The van der Waals surface area contributed by atoms with Crippen LogP contribution in [0, 0.1) is 13.8 Å². The summed E-state index contributed by atoms with van der Waals surface area (Å²) in [5.41, 5.74) is 5.21. The number of carbonyl (C=O) groups excluding carboxylic acids is 2. The predicted octanol–water partition coefficient (Wildman–Crippen LogP) is 7.23. The maximum absolute atomic E-state index is 13.1. The van der Waals surface area contributed by atoms with Gasteiger partial charge in [-0.15, -0.1) is 0 Å². The average molecular weight is 902 g/mol. The summed E-state index contributed by atoms with van der Waals surface area (Å²) in [6.07, 6.45) is 6.41. The highest BCUT2D eigenvalue weighted by Crippen LogP contribution is 2.33. The first-order valence-electron chi connectivity index (χ1n) is 21.7. The van der Waals surface area contributed by atoms with Gasteiger partial charge in [-0.2, -0.15) is 15.0 Å². The second-order valence-corrected chi connectivity index (χ2v) is 16.4. The Balaban J connectivity index is 0.807. The number of ether oxygens (including phenoxy) is 1. The van der Waals surface area contributed by atoms with Crippen molar-refractivity contribution in [1.29, 1.82) is 0 Å². The van der Waals surface area contributed by atoms with Gasteiger partial charge in [-0.05, 0) is 86.7 Å². The first kappa shape index (κ1) is 44.5. The molecular weight excluding hydrogens is 850 g/mol. The van der Waals surface area contributed by atoms with Gasteiger partial charge in [0, 0.05) is 92.2 Å². The highest BCUT2D eigenvalue weighted by molar-refractivity contribution is 6.31. The second-order valence-electron chi connectivity index (χ2n) is 15.9. The van der Waals surface area contributed by atoms with E-state index < -0.39 is 0 Å². The second kappa shape index (κ2) is 20.6. The lowest BCUT2D eigenvalue weighted by Crippen LogP contribution is -2.47. The van der Waals surface area contributed by atoms with Gasteiger partial charge in [0.05, 0.1) is 12.8 Å². The molecule has 20 heteroatoms. The van der Waals surface area contributed by atoms with E-state index in [1.807, 2.05) is 68.4 Å². The number of rotatable bonds is 16. The van der Waals surface area contributed by atoms with E-state index in [2.05, 4.69) is 78.0 Å². The monoisotopic (exact) mass is 901 g/mol. The molecule has 3 aromatic heterocycles. The highest BCUT2D eigenvalue weighted by Gasteiger charge is 2.27. The van der Waals surface area contributed by atoms with E-state index in [-0.39, 0.29) is 30.6 Å². The van der Waals surface area contributed by atoms with E-state index in [0.717, 1.165) is 85.9 Å². The number of hydrogen-bond acceptors (Lipinski definition) is 17. The number of aromatic nitrogens is 8. The van der Waals surface area contributed by atoms with Crippen molar-refractivity contribution in [2.45, 2.75) is 65.2 Å². The summed E-state index contributed by atoms with van der Waals surface area (Å²) in [6, 6.07) is 16.7. The number of piperidine rings is 1. The topological polar surface area (TPSA) is 217 Å². The quantitative estimate of drug-likeness (QED) is 0.0753. The fourth-order valence-corrected chi connectivity index (χ4v) is 7.95. The molecule has 2 aliphatic heterocycles. The average Bonchev–Trinajstić information content (AvgIpc) is 3.80. The van der Waals surface area contributed by atoms with Gasteiger partial charge in [0.15, 0.2) is 5.82 Å². The lowest BCUT2D eigenvalue weighted by molar-refractivity contribution is -0.121. The van der Waals surface area contributed by atoms with Crippen molar-refractivity contribution in [1.82, 2.24) is 40.0 Å². The van der Waals surface area contributed by atoms with E-state index in [9.17, 15) is 9.59 Å². The van der Waals surface area contributed by atoms with Crippen molar-refractivity contribution >= 4 is 75.6 Å². The van der Waals surface area contributed by atoms with E-state index in [1.54, 1.807) is 7.11 Å². The van der Waals surface area contributed by atoms with E-state index in [0.29, 0.717) is 64.9 Å².